The predicted octanol–water partition coefficient (Wildman–Crippen LogP) is 3.71. The van der Waals surface area contributed by atoms with Gasteiger partial charge in [0.25, 0.3) is 0 Å². The van der Waals surface area contributed by atoms with Gasteiger partial charge in [0.05, 0.1) is 22.2 Å². The number of nitrogens with two attached hydrogens (primary N) is 1. The minimum Gasteiger partial charge on any atom is -0.370 e. The van der Waals surface area contributed by atoms with Crippen LogP contribution in [0.3, 0.4) is 0 Å². The molecule has 130 valence electrons. The third-order valence-electron chi connectivity index (χ3n) is 5.21. The van der Waals surface area contributed by atoms with Gasteiger partial charge in [0, 0.05) is 24.5 Å². The lowest BCUT2D eigenvalue weighted by atomic mass is 10.0. The summed E-state index contributed by atoms with van der Waals surface area (Å²) < 4.78 is 0. The summed E-state index contributed by atoms with van der Waals surface area (Å²) >= 11 is 0. The van der Waals surface area contributed by atoms with Gasteiger partial charge in [-0.05, 0) is 37.1 Å². The van der Waals surface area contributed by atoms with Crippen LogP contribution in [0.25, 0.3) is 33.5 Å². The largest absolute Gasteiger partial charge is 0.370 e. The first-order valence-corrected chi connectivity index (χ1v) is 9.13. The maximum Gasteiger partial charge on any atom is 0.157 e. The van der Waals surface area contributed by atoms with Crippen LogP contribution in [0, 0.1) is 0 Å². The highest BCUT2D eigenvalue weighted by atomic mass is 15.1. The Kier molecular flexibility index (Phi) is 3.60. The molecule has 1 aliphatic rings. The van der Waals surface area contributed by atoms with Gasteiger partial charge in [-0.15, -0.1) is 0 Å². The van der Waals surface area contributed by atoms with Crippen molar-refractivity contribution < 1.29 is 0 Å². The van der Waals surface area contributed by atoms with Crippen LogP contribution in [-0.2, 0) is 0 Å². The van der Waals surface area contributed by atoms with Crippen LogP contribution >= 0.6 is 0 Å². The molecule has 0 spiro atoms. The van der Waals surface area contributed by atoms with Crippen molar-refractivity contribution in [3.8, 4) is 11.5 Å². The van der Waals surface area contributed by atoms with E-state index in [2.05, 4.69) is 34.1 Å². The molecule has 1 aliphatic heterocycles. The molecule has 2 aromatic heterocycles. The van der Waals surface area contributed by atoms with Crippen LogP contribution in [0.2, 0.25) is 0 Å². The highest BCUT2D eigenvalue weighted by Gasteiger charge is 2.19. The van der Waals surface area contributed by atoms with E-state index in [4.69, 9.17) is 15.7 Å². The number of rotatable bonds is 2. The van der Waals surface area contributed by atoms with E-state index in [-0.39, 0.29) is 0 Å². The lowest BCUT2D eigenvalue weighted by Crippen LogP contribution is -2.39. The Bertz CT molecular complexity index is 1040. The molecule has 0 bridgehead atoms. The second kappa shape index (κ2) is 6.11. The summed E-state index contributed by atoms with van der Waals surface area (Å²) in [4.78, 5) is 15.4. The number of hydrogen-bond acceptors (Lipinski definition) is 4. The molecule has 26 heavy (non-hydrogen) atoms. The summed E-state index contributed by atoms with van der Waals surface area (Å²) in [6.45, 7) is 1.97. The fraction of sp³-hybridized carbons (Fsp3) is 0.238. The maximum atomic E-state index is 6.07. The molecule has 0 saturated carbocycles. The molecule has 1 fully saturated rings. The topological polar surface area (TPSA) is 70.8 Å². The van der Waals surface area contributed by atoms with Gasteiger partial charge in [0.2, 0.25) is 0 Å². The number of nitrogens with zero attached hydrogens (tertiary/aromatic N) is 3. The number of aromatic amines is 1. The van der Waals surface area contributed by atoms with Crippen molar-refractivity contribution in [2.75, 3.05) is 18.0 Å². The molecule has 5 nitrogen and oxygen atoms in total. The van der Waals surface area contributed by atoms with Gasteiger partial charge in [-0.1, -0.05) is 30.3 Å². The maximum absolute atomic E-state index is 6.07. The minimum absolute atomic E-state index is 0.320. The number of H-pyrrole nitrogens is 1. The van der Waals surface area contributed by atoms with E-state index in [1.54, 1.807) is 0 Å². The second-order valence-electron chi connectivity index (χ2n) is 6.97. The molecule has 5 heteroatoms. The first kappa shape index (κ1) is 15.3. The van der Waals surface area contributed by atoms with Crippen molar-refractivity contribution in [2.45, 2.75) is 18.9 Å². The monoisotopic (exact) mass is 343 g/mol. The molecule has 4 aromatic rings. The van der Waals surface area contributed by atoms with Crippen LogP contribution in [0.1, 0.15) is 12.8 Å². The van der Waals surface area contributed by atoms with Gasteiger partial charge in [-0.3, -0.25) is 0 Å². The number of imidazole rings is 1. The SMILES string of the molecule is NC1CCN(c2cccc3ccc(-c4nc5ccccc5[nH]4)nc23)CC1. The Morgan fingerprint density at radius 3 is 2.62 bits per heavy atom. The molecule has 2 aromatic carbocycles. The van der Waals surface area contributed by atoms with Crippen LogP contribution in [-0.4, -0.2) is 34.1 Å². The smallest absolute Gasteiger partial charge is 0.157 e. The van der Waals surface area contributed by atoms with Crippen molar-refractivity contribution in [3.63, 3.8) is 0 Å². The summed E-state index contributed by atoms with van der Waals surface area (Å²) in [5.41, 5.74) is 11.1. The summed E-state index contributed by atoms with van der Waals surface area (Å²) in [6, 6.07) is 18.9. The van der Waals surface area contributed by atoms with Crippen molar-refractivity contribution in [1.29, 1.82) is 0 Å². The lowest BCUT2D eigenvalue weighted by molar-refractivity contribution is 0.502. The number of pyridine rings is 1. The van der Waals surface area contributed by atoms with Crippen molar-refractivity contribution in [3.05, 3.63) is 54.6 Å². The number of para-hydroxylation sites is 3. The minimum atomic E-state index is 0.320. The van der Waals surface area contributed by atoms with E-state index >= 15 is 0 Å². The summed E-state index contributed by atoms with van der Waals surface area (Å²) in [5, 5.41) is 1.15. The van der Waals surface area contributed by atoms with Crippen LogP contribution < -0.4 is 10.6 Å². The Morgan fingerprint density at radius 2 is 1.77 bits per heavy atom. The standard InChI is InChI=1S/C21H21N5/c22-15-10-12-26(13-11-15)19-7-3-4-14-8-9-18(23-20(14)19)21-24-16-5-1-2-6-17(16)25-21/h1-9,15H,10-13,22H2,(H,24,25). The number of aromatic nitrogens is 3. The number of nitrogens with one attached hydrogen (secondary N) is 1. The molecule has 3 N–H and O–H groups in total. The Labute approximate surface area is 151 Å². The van der Waals surface area contributed by atoms with Gasteiger partial charge in [-0.25, -0.2) is 9.97 Å². The Morgan fingerprint density at radius 1 is 0.923 bits per heavy atom. The van der Waals surface area contributed by atoms with Gasteiger partial charge < -0.3 is 15.6 Å². The van der Waals surface area contributed by atoms with Gasteiger partial charge in [0.15, 0.2) is 5.82 Å². The lowest BCUT2D eigenvalue weighted by Gasteiger charge is -2.32. The first-order valence-electron chi connectivity index (χ1n) is 9.13. The van der Waals surface area contributed by atoms with E-state index < -0.39 is 0 Å². The van der Waals surface area contributed by atoms with E-state index in [1.807, 2.05) is 30.3 Å². The zero-order valence-electron chi connectivity index (χ0n) is 14.5. The predicted molar refractivity (Wildman–Crippen MR) is 106 cm³/mol. The molecule has 3 heterocycles. The summed E-state index contributed by atoms with van der Waals surface area (Å²) in [5.74, 6) is 0.809. The Balaban J connectivity index is 1.61. The van der Waals surface area contributed by atoms with Crippen LogP contribution in [0.5, 0.6) is 0 Å². The average Bonchev–Trinajstić information content (AvgIpc) is 3.12. The number of fused-ring (bicyclic) bond motifs is 2. The van der Waals surface area contributed by atoms with Crippen LogP contribution in [0.4, 0.5) is 5.69 Å². The molecule has 0 aliphatic carbocycles. The Hall–Kier alpha value is -2.92. The van der Waals surface area contributed by atoms with E-state index in [9.17, 15) is 0 Å². The van der Waals surface area contributed by atoms with Crippen molar-refractivity contribution in [1.82, 2.24) is 15.0 Å². The van der Waals surface area contributed by atoms with E-state index in [1.165, 1.54) is 5.69 Å². The average molecular weight is 343 g/mol. The van der Waals surface area contributed by atoms with Crippen molar-refractivity contribution in [2.24, 2.45) is 5.73 Å². The van der Waals surface area contributed by atoms with Gasteiger partial charge in [-0.2, -0.15) is 0 Å². The molecule has 0 amide bonds. The highest BCUT2D eigenvalue weighted by Crippen LogP contribution is 2.29. The van der Waals surface area contributed by atoms with Crippen LogP contribution in [0.15, 0.2) is 54.6 Å². The fourth-order valence-corrected chi connectivity index (χ4v) is 3.73. The fourth-order valence-electron chi connectivity index (χ4n) is 3.73. The molecule has 1 saturated heterocycles. The third-order valence-corrected chi connectivity index (χ3v) is 5.21. The molecular weight excluding hydrogens is 322 g/mol. The molecule has 0 unspecified atom stereocenters. The highest BCUT2D eigenvalue weighted by molar-refractivity contribution is 5.92. The number of anilines is 1. The van der Waals surface area contributed by atoms with E-state index in [0.717, 1.165) is 59.4 Å². The van der Waals surface area contributed by atoms with Crippen molar-refractivity contribution >= 4 is 27.6 Å². The third kappa shape index (κ3) is 2.61. The summed E-state index contributed by atoms with van der Waals surface area (Å²) in [6.07, 6.45) is 2.05. The van der Waals surface area contributed by atoms with Gasteiger partial charge >= 0.3 is 0 Å². The molecule has 0 atom stereocenters. The van der Waals surface area contributed by atoms with Gasteiger partial charge in [0.1, 0.15) is 5.69 Å². The molecule has 0 radical (unpaired) electrons. The normalized spacial score (nSPS) is 15.8. The zero-order chi connectivity index (χ0) is 17.5. The second-order valence-corrected chi connectivity index (χ2v) is 6.97. The summed E-state index contributed by atoms with van der Waals surface area (Å²) in [7, 11) is 0. The molecule has 5 rings (SSSR count). The number of hydrogen-bond donors (Lipinski definition) is 2. The van der Waals surface area contributed by atoms with E-state index in [0.29, 0.717) is 6.04 Å². The zero-order valence-corrected chi connectivity index (χ0v) is 14.5. The molecular formula is C21H21N5. The quantitative estimate of drug-likeness (QED) is 0.582. The first-order chi connectivity index (χ1) is 12.8. The number of benzene rings is 2. The number of piperidine rings is 1.